The number of carbonyl (C=O) groups excluding carboxylic acids is 1. The summed E-state index contributed by atoms with van der Waals surface area (Å²) in [6, 6.07) is 7.53. The van der Waals surface area contributed by atoms with Gasteiger partial charge in [-0.2, -0.15) is 5.10 Å². The van der Waals surface area contributed by atoms with Gasteiger partial charge in [-0.25, -0.2) is 0 Å². The number of halogens is 1. The summed E-state index contributed by atoms with van der Waals surface area (Å²) in [4.78, 5) is 17.4. The highest BCUT2D eigenvalue weighted by Crippen LogP contribution is 2.31. The van der Waals surface area contributed by atoms with Crippen LogP contribution < -0.4 is 9.47 Å². The molecule has 1 saturated heterocycles. The maximum Gasteiger partial charge on any atom is 0.257 e. The quantitative estimate of drug-likeness (QED) is 0.716. The Morgan fingerprint density at radius 2 is 1.86 bits per heavy atom. The minimum absolute atomic E-state index is 0. The van der Waals surface area contributed by atoms with E-state index in [2.05, 4.69) is 27.7 Å². The third kappa shape index (κ3) is 5.42. The van der Waals surface area contributed by atoms with E-state index in [1.807, 2.05) is 17.9 Å². The standard InChI is InChI=1S/C21H30N4O3.ClH/c1-16-15-17(2)25(22-16)14-12-23-9-6-10-24(13-11-23)21(26)18-7-5-8-19(27-3)20(18)28-4;/h5,7-8,15H,6,9-14H2,1-4H3;1H. The molecule has 0 spiro atoms. The van der Waals surface area contributed by atoms with Crippen LogP contribution in [0.4, 0.5) is 0 Å². The Labute approximate surface area is 179 Å². The van der Waals surface area contributed by atoms with E-state index >= 15 is 0 Å². The lowest BCUT2D eigenvalue weighted by molar-refractivity contribution is 0.0757. The number of carbonyl (C=O) groups is 1. The van der Waals surface area contributed by atoms with Crippen molar-refractivity contribution in [1.82, 2.24) is 19.6 Å². The van der Waals surface area contributed by atoms with Crippen LogP contribution in [0.3, 0.4) is 0 Å². The van der Waals surface area contributed by atoms with Crippen LogP contribution in [0.2, 0.25) is 0 Å². The van der Waals surface area contributed by atoms with Crippen LogP contribution >= 0.6 is 12.4 Å². The van der Waals surface area contributed by atoms with Crippen molar-refractivity contribution in [2.24, 2.45) is 0 Å². The monoisotopic (exact) mass is 422 g/mol. The van der Waals surface area contributed by atoms with Gasteiger partial charge in [-0.1, -0.05) is 6.07 Å². The van der Waals surface area contributed by atoms with Gasteiger partial charge in [0.25, 0.3) is 5.91 Å². The van der Waals surface area contributed by atoms with E-state index in [-0.39, 0.29) is 18.3 Å². The average molecular weight is 423 g/mol. The molecule has 1 aromatic carbocycles. The third-order valence-electron chi connectivity index (χ3n) is 5.24. The molecular weight excluding hydrogens is 392 g/mol. The molecule has 2 aromatic rings. The summed E-state index contributed by atoms with van der Waals surface area (Å²) in [6.07, 6.45) is 0.954. The molecular formula is C21H31ClN4O3. The molecule has 29 heavy (non-hydrogen) atoms. The van der Waals surface area contributed by atoms with Crippen LogP contribution in [0, 0.1) is 13.8 Å². The van der Waals surface area contributed by atoms with Crippen molar-refractivity contribution < 1.29 is 14.3 Å². The first kappa shape index (κ1) is 23.0. The number of benzene rings is 1. The number of aromatic nitrogens is 2. The summed E-state index contributed by atoms with van der Waals surface area (Å²) in [7, 11) is 3.15. The van der Waals surface area contributed by atoms with Gasteiger partial charge in [0.15, 0.2) is 11.5 Å². The predicted octanol–water partition coefficient (Wildman–Crippen LogP) is 2.79. The molecule has 8 heteroatoms. The molecule has 1 aliphatic rings. The normalized spacial score (nSPS) is 14.8. The first-order valence-electron chi connectivity index (χ1n) is 9.77. The fraction of sp³-hybridized carbons (Fsp3) is 0.524. The Hall–Kier alpha value is -2.25. The zero-order valence-corrected chi connectivity index (χ0v) is 18.5. The van der Waals surface area contributed by atoms with Crippen LogP contribution in [0.15, 0.2) is 24.3 Å². The largest absolute Gasteiger partial charge is 0.493 e. The van der Waals surface area contributed by atoms with Crippen LogP contribution in [0.5, 0.6) is 11.5 Å². The van der Waals surface area contributed by atoms with Crippen LogP contribution in [0.1, 0.15) is 28.2 Å². The zero-order valence-electron chi connectivity index (χ0n) is 17.7. The molecule has 0 bridgehead atoms. The summed E-state index contributed by atoms with van der Waals surface area (Å²) in [5, 5.41) is 4.54. The average Bonchev–Trinajstić information content (AvgIpc) is 2.89. The molecule has 160 valence electrons. The van der Waals surface area contributed by atoms with Gasteiger partial charge in [-0.3, -0.25) is 14.4 Å². The molecule has 1 fully saturated rings. The fourth-order valence-electron chi connectivity index (χ4n) is 3.76. The second-order valence-electron chi connectivity index (χ2n) is 7.18. The molecule has 0 N–H and O–H groups in total. The Balaban J connectivity index is 0.00000300. The summed E-state index contributed by atoms with van der Waals surface area (Å²) in [5.41, 5.74) is 2.80. The van der Waals surface area contributed by atoms with Crippen molar-refractivity contribution >= 4 is 18.3 Å². The van der Waals surface area contributed by atoms with E-state index in [4.69, 9.17) is 9.47 Å². The number of hydrogen-bond acceptors (Lipinski definition) is 5. The Morgan fingerprint density at radius 3 is 2.52 bits per heavy atom. The molecule has 1 aromatic heterocycles. The second kappa shape index (κ2) is 10.5. The highest BCUT2D eigenvalue weighted by atomic mass is 35.5. The lowest BCUT2D eigenvalue weighted by Crippen LogP contribution is -2.36. The van der Waals surface area contributed by atoms with Gasteiger partial charge in [0.2, 0.25) is 0 Å². The summed E-state index contributed by atoms with van der Waals surface area (Å²) in [5.74, 6) is 1.08. The predicted molar refractivity (Wildman–Crippen MR) is 115 cm³/mol. The van der Waals surface area contributed by atoms with E-state index in [0.29, 0.717) is 23.6 Å². The Bertz CT molecular complexity index is 824. The molecule has 1 amide bonds. The minimum atomic E-state index is -0.00357. The zero-order chi connectivity index (χ0) is 20.1. The van der Waals surface area contributed by atoms with Crippen LogP contribution in [0.25, 0.3) is 0 Å². The molecule has 0 saturated carbocycles. The van der Waals surface area contributed by atoms with Crippen molar-refractivity contribution in [3.05, 3.63) is 41.2 Å². The number of nitrogens with zero attached hydrogens (tertiary/aromatic N) is 4. The fourth-order valence-corrected chi connectivity index (χ4v) is 3.76. The molecule has 2 heterocycles. The topological polar surface area (TPSA) is 59.8 Å². The number of amides is 1. The van der Waals surface area contributed by atoms with Crippen LogP contribution in [-0.4, -0.2) is 72.4 Å². The molecule has 0 atom stereocenters. The maximum atomic E-state index is 13.1. The molecule has 7 nitrogen and oxygen atoms in total. The van der Waals surface area contributed by atoms with Gasteiger partial charge in [0, 0.05) is 31.9 Å². The van der Waals surface area contributed by atoms with Gasteiger partial charge in [-0.15, -0.1) is 12.4 Å². The molecule has 3 rings (SSSR count). The minimum Gasteiger partial charge on any atom is -0.493 e. The maximum absolute atomic E-state index is 13.1. The molecule has 1 aliphatic heterocycles. The van der Waals surface area contributed by atoms with E-state index in [0.717, 1.165) is 44.8 Å². The lowest BCUT2D eigenvalue weighted by atomic mass is 10.1. The first-order valence-corrected chi connectivity index (χ1v) is 9.77. The Kier molecular flexibility index (Phi) is 8.34. The number of rotatable bonds is 6. The van der Waals surface area contributed by atoms with E-state index in [1.165, 1.54) is 5.69 Å². The number of para-hydroxylation sites is 1. The van der Waals surface area contributed by atoms with E-state index < -0.39 is 0 Å². The number of methoxy groups -OCH3 is 2. The lowest BCUT2D eigenvalue weighted by Gasteiger charge is -2.23. The van der Waals surface area contributed by atoms with E-state index in [1.54, 1.807) is 26.4 Å². The SMILES string of the molecule is COc1cccc(C(=O)N2CCCN(CCn3nc(C)cc3C)CC2)c1OC.Cl. The number of ether oxygens (including phenoxy) is 2. The smallest absolute Gasteiger partial charge is 0.257 e. The second-order valence-corrected chi connectivity index (χ2v) is 7.18. The van der Waals surface area contributed by atoms with Crippen molar-refractivity contribution in [3.63, 3.8) is 0 Å². The molecule has 0 radical (unpaired) electrons. The highest BCUT2D eigenvalue weighted by Gasteiger charge is 2.24. The van der Waals surface area contributed by atoms with Gasteiger partial charge >= 0.3 is 0 Å². The van der Waals surface area contributed by atoms with Crippen molar-refractivity contribution in [1.29, 1.82) is 0 Å². The van der Waals surface area contributed by atoms with Gasteiger partial charge in [0.1, 0.15) is 0 Å². The summed E-state index contributed by atoms with van der Waals surface area (Å²) < 4.78 is 12.8. The third-order valence-corrected chi connectivity index (χ3v) is 5.24. The molecule has 0 unspecified atom stereocenters. The van der Waals surface area contributed by atoms with Gasteiger partial charge < -0.3 is 14.4 Å². The Morgan fingerprint density at radius 1 is 1.07 bits per heavy atom. The highest BCUT2D eigenvalue weighted by molar-refractivity contribution is 5.97. The van der Waals surface area contributed by atoms with Crippen molar-refractivity contribution in [2.45, 2.75) is 26.8 Å². The summed E-state index contributed by atoms with van der Waals surface area (Å²) >= 11 is 0. The van der Waals surface area contributed by atoms with Crippen molar-refractivity contribution in [2.75, 3.05) is 46.9 Å². The van der Waals surface area contributed by atoms with Crippen molar-refractivity contribution in [3.8, 4) is 11.5 Å². The summed E-state index contributed by atoms with van der Waals surface area (Å²) in [6.45, 7) is 9.21. The van der Waals surface area contributed by atoms with E-state index in [9.17, 15) is 4.79 Å². The van der Waals surface area contributed by atoms with Gasteiger partial charge in [0.05, 0.1) is 32.0 Å². The first-order chi connectivity index (χ1) is 13.5. The molecule has 0 aliphatic carbocycles. The number of aryl methyl sites for hydroxylation is 2. The van der Waals surface area contributed by atoms with Crippen LogP contribution in [-0.2, 0) is 6.54 Å². The number of hydrogen-bond donors (Lipinski definition) is 0. The van der Waals surface area contributed by atoms with Gasteiger partial charge in [-0.05, 0) is 45.0 Å².